The van der Waals surface area contributed by atoms with E-state index in [2.05, 4.69) is 15.5 Å². The smallest absolute Gasteiger partial charge is 0.322 e. The van der Waals surface area contributed by atoms with E-state index in [9.17, 15) is 19.1 Å². The Labute approximate surface area is 181 Å². The molecule has 7 nitrogen and oxygen atoms in total. The number of aromatic amines is 1. The van der Waals surface area contributed by atoms with Gasteiger partial charge in [0.05, 0.1) is 22.1 Å². The fraction of sp³-hybridized carbons (Fsp3) is 0.250. The molecule has 0 aliphatic heterocycles. The summed E-state index contributed by atoms with van der Waals surface area (Å²) in [6, 6.07) is 7.64. The Morgan fingerprint density at radius 2 is 2.03 bits per heavy atom. The molecule has 0 aliphatic rings. The third kappa shape index (κ3) is 4.72. The number of nitrogens with one attached hydrogen (secondary N) is 2. The van der Waals surface area contributed by atoms with Crippen molar-refractivity contribution in [3.8, 4) is 0 Å². The normalized spacial score (nSPS) is 12.0. The number of fused-ring (bicyclic) bond motifs is 1. The van der Waals surface area contributed by atoms with Crippen LogP contribution in [0.15, 0.2) is 41.2 Å². The Hall–Kier alpha value is -2.68. The first kappa shape index (κ1) is 22.0. The molecule has 3 aromatic rings. The van der Waals surface area contributed by atoms with E-state index in [0.29, 0.717) is 33.6 Å². The molecule has 1 heterocycles. The number of amides is 2. The number of carbonyl (C=O) groups is 1. The van der Waals surface area contributed by atoms with Gasteiger partial charge in [0.25, 0.3) is 5.56 Å². The lowest BCUT2D eigenvalue weighted by Crippen LogP contribution is -2.38. The van der Waals surface area contributed by atoms with Gasteiger partial charge in [0, 0.05) is 29.2 Å². The predicted molar refractivity (Wildman–Crippen MR) is 115 cm³/mol. The van der Waals surface area contributed by atoms with Crippen LogP contribution in [0, 0.1) is 5.82 Å². The number of halogens is 3. The summed E-state index contributed by atoms with van der Waals surface area (Å²) >= 11 is 11.8. The maximum Gasteiger partial charge on any atom is 0.322 e. The van der Waals surface area contributed by atoms with E-state index < -0.39 is 23.4 Å². The van der Waals surface area contributed by atoms with Gasteiger partial charge in [0.1, 0.15) is 5.82 Å². The highest BCUT2D eigenvalue weighted by Crippen LogP contribution is 2.27. The number of hydrogen-bond acceptors (Lipinski definition) is 4. The van der Waals surface area contributed by atoms with Crippen LogP contribution in [0.2, 0.25) is 10.0 Å². The molecule has 2 amide bonds. The first-order valence-corrected chi connectivity index (χ1v) is 9.88. The van der Waals surface area contributed by atoms with Crippen molar-refractivity contribution in [1.29, 1.82) is 0 Å². The van der Waals surface area contributed by atoms with E-state index in [1.165, 1.54) is 23.1 Å². The molecular formula is C20H19Cl2FN4O3. The lowest BCUT2D eigenvalue weighted by atomic mass is 10.1. The van der Waals surface area contributed by atoms with Crippen LogP contribution in [0.3, 0.4) is 0 Å². The summed E-state index contributed by atoms with van der Waals surface area (Å²) in [5.41, 5.74) is 0.390. The molecule has 0 saturated heterocycles. The molecule has 0 bridgehead atoms. The molecule has 1 aromatic heterocycles. The van der Waals surface area contributed by atoms with Crippen molar-refractivity contribution in [2.75, 3.05) is 18.5 Å². The van der Waals surface area contributed by atoms with Gasteiger partial charge in [-0.25, -0.2) is 14.3 Å². The van der Waals surface area contributed by atoms with Crippen LogP contribution in [0.5, 0.6) is 0 Å². The maximum atomic E-state index is 13.4. The molecule has 0 saturated carbocycles. The van der Waals surface area contributed by atoms with Crippen LogP contribution in [-0.4, -0.2) is 39.4 Å². The number of benzene rings is 2. The minimum Gasteiger partial charge on any atom is -0.396 e. The molecular weight excluding hydrogens is 434 g/mol. The number of carbonyl (C=O) groups excluding carboxylic acids is 1. The van der Waals surface area contributed by atoms with E-state index in [0.717, 1.165) is 6.07 Å². The highest BCUT2D eigenvalue weighted by Gasteiger charge is 2.25. The van der Waals surface area contributed by atoms with Crippen LogP contribution in [0.4, 0.5) is 14.9 Å². The second kappa shape index (κ2) is 9.42. The van der Waals surface area contributed by atoms with Gasteiger partial charge in [-0.15, -0.1) is 0 Å². The minimum absolute atomic E-state index is 0.117. The van der Waals surface area contributed by atoms with Gasteiger partial charge in [-0.1, -0.05) is 29.3 Å². The lowest BCUT2D eigenvalue weighted by molar-refractivity contribution is 0.181. The number of aliphatic hydroxyl groups is 1. The summed E-state index contributed by atoms with van der Waals surface area (Å²) in [4.78, 5) is 26.6. The number of nitrogens with zero attached hydrogens (tertiary/aromatic N) is 2. The van der Waals surface area contributed by atoms with Crippen LogP contribution in [-0.2, 0) is 0 Å². The Balaban J connectivity index is 1.96. The minimum atomic E-state index is -0.595. The zero-order valence-corrected chi connectivity index (χ0v) is 17.5. The van der Waals surface area contributed by atoms with Gasteiger partial charge in [0.2, 0.25) is 0 Å². The molecule has 0 unspecified atom stereocenters. The van der Waals surface area contributed by atoms with Gasteiger partial charge in [-0.05, 0) is 43.7 Å². The summed E-state index contributed by atoms with van der Waals surface area (Å²) in [5, 5.41) is 19.7. The molecule has 0 spiro atoms. The predicted octanol–water partition coefficient (Wildman–Crippen LogP) is 4.35. The molecule has 0 fully saturated rings. The van der Waals surface area contributed by atoms with E-state index in [1.54, 1.807) is 19.1 Å². The molecule has 10 heteroatoms. The van der Waals surface area contributed by atoms with Crippen LogP contribution in [0.1, 0.15) is 25.1 Å². The first-order chi connectivity index (χ1) is 14.3. The van der Waals surface area contributed by atoms with Crippen LogP contribution in [0.25, 0.3) is 10.8 Å². The third-order valence-corrected chi connectivity index (χ3v) is 5.16. The van der Waals surface area contributed by atoms with Crippen LogP contribution >= 0.6 is 23.2 Å². The highest BCUT2D eigenvalue weighted by atomic mass is 35.5. The molecule has 0 aliphatic carbocycles. The third-order valence-electron chi connectivity index (χ3n) is 4.63. The number of H-pyrrole nitrogens is 1. The van der Waals surface area contributed by atoms with Gasteiger partial charge in [0.15, 0.2) is 0 Å². The van der Waals surface area contributed by atoms with Gasteiger partial charge in [-0.3, -0.25) is 4.79 Å². The second-order valence-electron chi connectivity index (χ2n) is 6.63. The van der Waals surface area contributed by atoms with E-state index in [4.69, 9.17) is 23.2 Å². The fourth-order valence-corrected chi connectivity index (χ4v) is 3.46. The van der Waals surface area contributed by atoms with Crippen LogP contribution < -0.4 is 10.9 Å². The zero-order chi connectivity index (χ0) is 21.8. The molecule has 3 rings (SSSR count). The average Bonchev–Trinajstić information content (AvgIpc) is 2.71. The lowest BCUT2D eigenvalue weighted by Gasteiger charge is -2.29. The van der Waals surface area contributed by atoms with E-state index in [1.807, 2.05) is 0 Å². The second-order valence-corrected chi connectivity index (χ2v) is 7.48. The Morgan fingerprint density at radius 3 is 2.73 bits per heavy atom. The van der Waals surface area contributed by atoms with Crippen molar-refractivity contribution in [2.24, 2.45) is 0 Å². The van der Waals surface area contributed by atoms with E-state index in [-0.39, 0.29) is 18.2 Å². The Bertz CT molecular complexity index is 1140. The molecule has 158 valence electrons. The van der Waals surface area contributed by atoms with Gasteiger partial charge >= 0.3 is 6.03 Å². The number of aromatic nitrogens is 2. The number of urea groups is 1. The first-order valence-electron chi connectivity index (χ1n) is 9.13. The Morgan fingerprint density at radius 1 is 1.27 bits per heavy atom. The van der Waals surface area contributed by atoms with Crippen molar-refractivity contribution in [3.63, 3.8) is 0 Å². The number of hydrogen-bond donors (Lipinski definition) is 3. The Kier molecular flexibility index (Phi) is 6.91. The van der Waals surface area contributed by atoms with Crippen molar-refractivity contribution in [3.05, 3.63) is 68.3 Å². The van der Waals surface area contributed by atoms with Gasteiger partial charge < -0.3 is 15.3 Å². The largest absolute Gasteiger partial charge is 0.396 e. The average molecular weight is 453 g/mol. The van der Waals surface area contributed by atoms with Crippen molar-refractivity contribution < 1.29 is 14.3 Å². The molecule has 0 radical (unpaired) electrons. The van der Waals surface area contributed by atoms with E-state index >= 15 is 0 Å². The SMILES string of the molecule is C[C@H](c1n[nH]c(=O)c2cc(Cl)ccc12)N(CCCO)C(=O)Nc1ccc(F)c(Cl)c1. The summed E-state index contributed by atoms with van der Waals surface area (Å²) in [6.07, 6.45) is 0.328. The molecule has 3 N–H and O–H groups in total. The quantitative estimate of drug-likeness (QED) is 0.517. The summed E-state index contributed by atoms with van der Waals surface area (Å²) in [6.45, 7) is 1.85. The maximum absolute atomic E-state index is 13.4. The number of aliphatic hydroxyl groups excluding tert-OH is 1. The number of rotatable bonds is 6. The number of anilines is 1. The molecule has 30 heavy (non-hydrogen) atoms. The fourth-order valence-electron chi connectivity index (χ4n) is 3.11. The monoisotopic (exact) mass is 452 g/mol. The summed E-state index contributed by atoms with van der Waals surface area (Å²) < 4.78 is 13.4. The van der Waals surface area contributed by atoms with Crippen molar-refractivity contribution in [2.45, 2.75) is 19.4 Å². The summed E-state index contributed by atoms with van der Waals surface area (Å²) in [7, 11) is 0. The molecule has 2 aromatic carbocycles. The van der Waals surface area contributed by atoms with Crippen molar-refractivity contribution in [1.82, 2.24) is 15.1 Å². The standard InChI is InChI=1S/C20H19Cl2FN4O3/c1-11(18-14-5-3-12(21)9-15(14)19(29)26-25-18)27(7-2-8-28)20(30)24-13-4-6-17(23)16(22)10-13/h3-6,9-11,28H,2,7-8H2,1H3,(H,24,30)(H,26,29)/t11-/m1/s1. The zero-order valence-electron chi connectivity index (χ0n) is 16.0. The molecule has 1 atom stereocenters. The van der Waals surface area contributed by atoms with Crippen molar-refractivity contribution >= 4 is 45.7 Å². The topological polar surface area (TPSA) is 98.3 Å². The summed E-state index contributed by atoms with van der Waals surface area (Å²) in [5.74, 6) is -0.595. The van der Waals surface area contributed by atoms with Gasteiger partial charge in [-0.2, -0.15) is 5.10 Å². The highest BCUT2D eigenvalue weighted by molar-refractivity contribution is 6.31.